The van der Waals surface area contributed by atoms with E-state index in [0.29, 0.717) is 18.4 Å². The highest BCUT2D eigenvalue weighted by atomic mass is 35.5. The molecule has 1 amide bonds. The van der Waals surface area contributed by atoms with Gasteiger partial charge in [0.05, 0.1) is 5.56 Å². The Bertz CT molecular complexity index is 656. The smallest absolute Gasteiger partial charge is 0.226 e. The minimum atomic E-state index is -0.410. The molecule has 0 fully saturated rings. The summed E-state index contributed by atoms with van der Waals surface area (Å²) in [6.45, 7) is 3.74. The van der Waals surface area contributed by atoms with Crippen LogP contribution in [0.3, 0.4) is 0 Å². The van der Waals surface area contributed by atoms with Crippen LogP contribution in [-0.4, -0.2) is 15.9 Å². The molecular formula is C16H20ClN3OS2. The molecule has 0 atom stereocenters. The minimum Gasteiger partial charge on any atom is -0.323 e. The van der Waals surface area contributed by atoms with Gasteiger partial charge in [-0.1, -0.05) is 0 Å². The van der Waals surface area contributed by atoms with Crippen LogP contribution in [0, 0.1) is 11.3 Å². The lowest BCUT2D eigenvalue weighted by Gasteiger charge is -2.15. The fourth-order valence-electron chi connectivity index (χ4n) is 2.51. The molecular weight excluding hydrogens is 350 g/mol. The van der Waals surface area contributed by atoms with E-state index in [-0.39, 0.29) is 11.0 Å². The monoisotopic (exact) mass is 369 g/mol. The number of fused-ring (bicyclic) bond motifs is 1. The summed E-state index contributed by atoms with van der Waals surface area (Å²) in [4.78, 5) is 12.7. The van der Waals surface area contributed by atoms with Crippen molar-refractivity contribution in [2.45, 2.75) is 57.2 Å². The lowest BCUT2D eigenvalue weighted by atomic mass is 9.96. The molecule has 124 valence electrons. The number of nitrogens with one attached hydrogen (secondary N) is 2. The van der Waals surface area contributed by atoms with Crippen molar-refractivity contribution in [3.63, 3.8) is 0 Å². The molecule has 4 nitrogen and oxygen atoms in total. The highest BCUT2D eigenvalue weighted by Crippen LogP contribution is 2.37. The Hall–Kier alpha value is -1.16. The first-order valence-electron chi connectivity index (χ1n) is 7.64. The van der Waals surface area contributed by atoms with Crippen molar-refractivity contribution < 1.29 is 4.79 Å². The number of rotatable bonds is 4. The number of aryl methyl sites for hydroxylation is 1. The van der Waals surface area contributed by atoms with Gasteiger partial charge >= 0.3 is 0 Å². The number of thiophene rings is 1. The standard InChI is InChI=1S/C16H20ClN3OS2/c1-16(2,17)8-7-13(21)19-15(22)20-14-11(9-18)10-5-3-4-6-12(10)23-14/h3-8H2,1-2H3,(H2,19,20,21,22). The molecule has 1 aromatic rings. The molecule has 23 heavy (non-hydrogen) atoms. The number of nitriles is 1. The molecule has 1 heterocycles. The first-order valence-corrected chi connectivity index (χ1v) is 9.25. The maximum atomic E-state index is 11.9. The Kier molecular flexibility index (Phi) is 6.01. The number of carbonyl (C=O) groups is 1. The second-order valence-electron chi connectivity index (χ2n) is 6.25. The van der Waals surface area contributed by atoms with Crippen molar-refractivity contribution in [2.75, 3.05) is 5.32 Å². The lowest BCUT2D eigenvalue weighted by molar-refractivity contribution is -0.119. The van der Waals surface area contributed by atoms with E-state index < -0.39 is 4.87 Å². The van der Waals surface area contributed by atoms with Crippen molar-refractivity contribution in [3.8, 4) is 6.07 Å². The zero-order valence-electron chi connectivity index (χ0n) is 13.3. The van der Waals surface area contributed by atoms with Crippen LogP contribution in [0.1, 0.15) is 55.5 Å². The molecule has 0 saturated heterocycles. The molecule has 1 aliphatic carbocycles. The largest absolute Gasteiger partial charge is 0.323 e. The number of alkyl halides is 1. The molecule has 0 aromatic carbocycles. The van der Waals surface area contributed by atoms with Gasteiger partial charge in [0.2, 0.25) is 5.91 Å². The summed E-state index contributed by atoms with van der Waals surface area (Å²) in [6.07, 6.45) is 5.12. The van der Waals surface area contributed by atoms with E-state index in [1.807, 2.05) is 13.8 Å². The van der Waals surface area contributed by atoms with Crippen molar-refractivity contribution in [3.05, 3.63) is 16.0 Å². The highest BCUT2D eigenvalue weighted by molar-refractivity contribution is 7.80. The highest BCUT2D eigenvalue weighted by Gasteiger charge is 2.21. The molecule has 0 aliphatic heterocycles. The van der Waals surface area contributed by atoms with E-state index in [1.54, 1.807) is 11.3 Å². The van der Waals surface area contributed by atoms with Gasteiger partial charge in [-0.15, -0.1) is 22.9 Å². The Balaban J connectivity index is 1.97. The average Bonchev–Trinajstić information content (AvgIpc) is 2.81. The maximum absolute atomic E-state index is 11.9. The molecule has 1 aromatic heterocycles. The molecule has 1 aliphatic rings. The fraction of sp³-hybridized carbons (Fsp3) is 0.562. The van der Waals surface area contributed by atoms with Gasteiger partial charge in [0.15, 0.2) is 5.11 Å². The quantitative estimate of drug-likeness (QED) is 0.619. The summed E-state index contributed by atoms with van der Waals surface area (Å²) in [5, 5.41) is 16.0. The Labute approximate surface area is 151 Å². The normalized spacial score (nSPS) is 13.8. The van der Waals surface area contributed by atoms with Crippen LogP contribution in [0.15, 0.2) is 0 Å². The van der Waals surface area contributed by atoms with E-state index in [1.165, 1.54) is 4.88 Å². The van der Waals surface area contributed by atoms with Gasteiger partial charge < -0.3 is 10.6 Å². The second kappa shape index (κ2) is 7.61. The summed E-state index contributed by atoms with van der Waals surface area (Å²) in [5.41, 5.74) is 1.81. The summed E-state index contributed by atoms with van der Waals surface area (Å²) in [5.74, 6) is -0.170. The number of amides is 1. The van der Waals surface area contributed by atoms with Crippen LogP contribution in [-0.2, 0) is 17.6 Å². The number of nitrogens with zero attached hydrogens (tertiary/aromatic N) is 1. The summed E-state index contributed by atoms with van der Waals surface area (Å²) in [7, 11) is 0. The Morgan fingerprint density at radius 2 is 2.13 bits per heavy atom. The maximum Gasteiger partial charge on any atom is 0.226 e. The molecule has 7 heteroatoms. The number of anilines is 1. The van der Waals surface area contributed by atoms with Crippen molar-refractivity contribution in [1.29, 1.82) is 5.26 Å². The lowest BCUT2D eigenvalue weighted by Crippen LogP contribution is -2.34. The topological polar surface area (TPSA) is 64.9 Å². The van der Waals surface area contributed by atoms with Gasteiger partial charge in [-0.05, 0) is 63.7 Å². The third kappa shape index (κ3) is 5.17. The molecule has 0 bridgehead atoms. The van der Waals surface area contributed by atoms with Gasteiger partial charge in [0.1, 0.15) is 11.1 Å². The van der Waals surface area contributed by atoms with Gasteiger partial charge in [0, 0.05) is 16.2 Å². The molecule has 2 N–H and O–H groups in total. The number of hydrogen-bond donors (Lipinski definition) is 2. The molecule has 0 radical (unpaired) electrons. The van der Waals surface area contributed by atoms with Gasteiger partial charge in [-0.3, -0.25) is 4.79 Å². The molecule has 0 spiro atoms. The molecule has 0 unspecified atom stereocenters. The van der Waals surface area contributed by atoms with Crippen LogP contribution < -0.4 is 10.6 Å². The van der Waals surface area contributed by atoms with Crippen molar-refractivity contribution in [1.82, 2.24) is 5.32 Å². The summed E-state index contributed by atoms with van der Waals surface area (Å²) < 4.78 is 0. The molecule has 2 rings (SSSR count). The van der Waals surface area contributed by atoms with Gasteiger partial charge in [-0.2, -0.15) is 5.26 Å². The Morgan fingerprint density at radius 3 is 2.78 bits per heavy atom. The summed E-state index contributed by atoms with van der Waals surface area (Å²) >= 11 is 12.8. The van der Waals surface area contributed by atoms with Crippen molar-refractivity contribution in [2.24, 2.45) is 0 Å². The van der Waals surface area contributed by atoms with Crippen LogP contribution in [0.5, 0.6) is 0 Å². The molecule has 0 saturated carbocycles. The van der Waals surface area contributed by atoms with Crippen LogP contribution in [0.2, 0.25) is 0 Å². The van der Waals surface area contributed by atoms with E-state index in [9.17, 15) is 10.1 Å². The van der Waals surface area contributed by atoms with E-state index in [0.717, 1.165) is 36.2 Å². The van der Waals surface area contributed by atoms with E-state index in [2.05, 4.69) is 16.7 Å². The average molecular weight is 370 g/mol. The minimum absolute atomic E-state index is 0.170. The van der Waals surface area contributed by atoms with E-state index >= 15 is 0 Å². The number of thiocarbonyl (C=S) groups is 1. The summed E-state index contributed by atoms with van der Waals surface area (Å²) in [6, 6.07) is 2.27. The van der Waals surface area contributed by atoms with E-state index in [4.69, 9.17) is 23.8 Å². The van der Waals surface area contributed by atoms with Crippen molar-refractivity contribution >= 4 is 51.2 Å². The predicted octanol–water partition coefficient (Wildman–Crippen LogP) is 4.11. The number of halogens is 1. The van der Waals surface area contributed by atoms with Crippen LogP contribution in [0.25, 0.3) is 0 Å². The van der Waals surface area contributed by atoms with Gasteiger partial charge in [0.25, 0.3) is 0 Å². The second-order valence-corrected chi connectivity index (χ2v) is 8.78. The SMILES string of the molecule is CC(C)(Cl)CCC(=O)NC(=S)Nc1sc2c(c1C#N)CCCC2. The Morgan fingerprint density at radius 1 is 1.43 bits per heavy atom. The van der Waals surface area contributed by atoms with Gasteiger partial charge in [-0.25, -0.2) is 0 Å². The first-order chi connectivity index (χ1) is 10.8. The zero-order valence-corrected chi connectivity index (χ0v) is 15.7. The third-order valence-electron chi connectivity index (χ3n) is 3.71. The number of carbonyl (C=O) groups excluding carboxylic acids is 1. The van der Waals surface area contributed by atoms with Crippen LogP contribution in [0.4, 0.5) is 5.00 Å². The predicted molar refractivity (Wildman–Crippen MR) is 99.2 cm³/mol. The number of hydrogen-bond acceptors (Lipinski definition) is 4. The first kappa shape index (κ1) is 18.2. The third-order valence-corrected chi connectivity index (χ3v) is 5.31. The zero-order chi connectivity index (χ0) is 17.0. The fourth-order valence-corrected chi connectivity index (χ4v) is 4.13. The van der Waals surface area contributed by atoms with Crippen LogP contribution >= 0.6 is 35.2 Å².